The van der Waals surface area contributed by atoms with Crippen LogP contribution in [0.1, 0.15) is 18.1 Å². The highest BCUT2D eigenvalue weighted by Crippen LogP contribution is 2.25. The SMILES string of the molecule is CCOc1cccc(/C=C2/C(=O)NC(=O)N(c3ccc(OCc4ccc(Cl)cc4)cc3)C2=O)c1. The zero-order chi connectivity index (χ0) is 24.1. The summed E-state index contributed by atoms with van der Waals surface area (Å²) in [7, 11) is 0. The molecule has 4 amide bonds. The molecule has 1 aliphatic heterocycles. The minimum atomic E-state index is -0.815. The van der Waals surface area contributed by atoms with Gasteiger partial charge in [-0.05, 0) is 72.7 Å². The normalized spacial score (nSPS) is 14.8. The minimum absolute atomic E-state index is 0.156. The Hall–Kier alpha value is -4.10. The van der Waals surface area contributed by atoms with Gasteiger partial charge in [0.05, 0.1) is 12.3 Å². The Labute approximate surface area is 201 Å². The monoisotopic (exact) mass is 476 g/mol. The molecule has 1 heterocycles. The molecule has 0 saturated carbocycles. The Morgan fingerprint density at radius 1 is 0.912 bits per heavy atom. The fourth-order valence-electron chi connectivity index (χ4n) is 3.36. The average molecular weight is 477 g/mol. The number of hydrogen-bond donors (Lipinski definition) is 1. The number of halogens is 1. The van der Waals surface area contributed by atoms with Crippen molar-refractivity contribution >= 4 is 41.2 Å². The summed E-state index contributed by atoms with van der Waals surface area (Å²) in [5.41, 5.74) is 1.70. The third kappa shape index (κ3) is 5.27. The number of anilines is 1. The predicted octanol–water partition coefficient (Wildman–Crippen LogP) is 4.98. The van der Waals surface area contributed by atoms with Gasteiger partial charge in [-0.3, -0.25) is 14.9 Å². The van der Waals surface area contributed by atoms with Crippen molar-refractivity contribution in [1.29, 1.82) is 0 Å². The summed E-state index contributed by atoms with van der Waals surface area (Å²) >= 11 is 5.89. The summed E-state index contributed by atoms with van der Waals surface area (Å²) in [4.78, 5) is 38.9. The summed E-state index contributed by atoms with van der Waals surface area (Å²) in [5.74, 6) is -0.299. The summed E-state index contributed by atoms with van der Waals surface area (Å²) in [6, 6.07) is 19.9. The van der Waals surface area contributed by atoms with Gasteiger partial charge < -0.3 is 9.47 Å². The second-order valence-corrected chi connectivity index (χ2v) is 7.81. The predicted molar refractivity (Wildman–Crippen MR) is 129 cm³/mol. The maximum absolute atomic E-state index is 13.1. The zero-order valence-electron chi connectivity index (χ0n) is 18.3. The molecular formula is C26H21ClN2O5. The standard InChI is InChI=1S/C26H21ClN2O5/c1-2-33-22-5-3-4-18(14-22)15-23-24(30)28-26(32)29(25(23)31)20-10-12-21(13-11-20)34-16-17-6-8-19(27)9-7-17/h3-15H,2,16H2,1H3,(H,28,30,32)/b23-15-. The van der Waals surface area contributed by atoms with E-state index in [4.69, 9.17) is 21.1 Å². The van der Waals surface area contributed by atoms with E-state index in [-0.39, 0.29) is 5.57 Å². The van der Waals surface area contributed by atoms with Gasteiger partial charge in [0.25, 0.3) is 11.8 Å². The van der Waals surface area contributed by atoms with Gasteiger partial charge in [0.15, 0.2) is 0 Å². The Kier molecular flexibility index (Phi) is 6.94. The third-order valence-electron chi connectivity index (χ3n) is 5.00. The molecule has 0 atom stereocenters. The molecule has 1 N–H and O–H groups in total. The van der Waals surface area contributed by atoms with E-state index >= 15 is 0 Å². The number of barbiturate groups is 1. The molecule has 3 aromatic carbocycles. The first-order chi connectivity index (χ1) is 16.4. The second-order valence-electron chi connectivity index (χ2n) is 7.37. The molecule has 34 heavy (non-hydrogen) atoms. The minimum Gasteiger partial charge on any atom is -0.494 e. The molecule has 0 spiro atoms. The van der Waals surface area contributed by atoms with Gasteiger partial charge in [-0.2, -0.15) is 0 Å². The lowest BCUT2D eigenvalue weighted by Gasteiger charge is -2.26. The summed E-state index contributed by atoms with van der Waals surface area (Å²) in [6.45, 7) is 2.68. The number of benzene rings is 3. The quantitative estimate of drug-likeness (QED) is 0.384. The average Bonchev–Trinajstić information content (AvgIpc) is 2.83. The first-order valence-electron chi connectivity index (χ1n) is 10.6. The van der Waals surface area contributed by atoms with Crippen molar-refractivity contribution in [2.24, 2.45) is 0 Å². The number of carbonyl (C=O) groups is 3. The number of amides is 4. The van der Waals surface area contributed by atoms with Gasteiger partial charge >= 0.3 is 6.03 Å². The van der Waals surface area contributed by atoms with E-state index in [0.717, 1.165) is 10.5 Å². The molecule has 0 aromatic heterocycles. The van der Waals surface area contributed by atoms with Gasteiger partial charge in [-0.1, -0.05) is 35.9 Å². The van der Waals surface area contributed by atoms with Crippen molar-refractivity contribution < 1.29 is 23.9 Å². The highest BCUT2D eigenvalue weighted by Gasteiger charge is 2.36. The van der Waals surface area contributed by atoms with Gasteiger partial charge in [-0.25, -0.2) is 9.69 Å². The number of nitrogens with zero attached hydrogens (tertiary/aromatic N) is 1. The number of hydrogen-bond acceptors (Lipinski definition) is 5. The molecule has 3 aromatic rings. The smallest absolute Gasteiger partial charge is 0.335 e. The Bertz CT molecular complexity index is 1250. The van der Waals surface area contributed by atoms with Gasteiger partial charge in [-0.15, -0.1) is 0 Å². The van der Waals surface area contributed by atoms with Crippen LogP contribution in [0.25, 0.3) is 6.08 Å². The molecule has 7 nitrogen and oxygen atoms in total. The molecule has 0 radical (unpaired) electrons. The lowest BCUT2D eigenvalue weighted by atomic mass is 10.1. The summed E-state index contributed by atoms with van der Waals surface area (Å²) < 4.78 is 11.2. The van der Waals surface area contributed by atoms with Crippen LogP contribution in [0.4, 0.5) is 10.5 Å². The second kappa shape index (κ2) is 10.2. The van der Waals surface area contributed by atoms with Gasteiger partial charge in [0, 0.05) is 5.02 Å². The molecule has 1 aliphatic rings. The largest absolute Gasteiger partial charge is 0.494 e. The first kappa shape index (κ1) is 23.1. The molecular weight excluding hydrogens is 456 g/mol. The number of rotatable bonds is 7. The fraction of sp³-hybridized carbons (Fsp3) is 0.115. The van der Waals surface area contributed by atoms with Crippen LogP contribution >= 0.6 is 11.6 Å². The van der Waals surface area contributed by atoms with E-state index in [9.17, 15) is 14.4 Å². The van der Waals surface area contributed by atoms with Crippen LogP contribution in [0, 0.1) is 0 Å². The molecule has 8 heteroatoms. The van der Waals surface area contributed by atoms with E-state index in [1.54, 1.807) is 60.7 Å². The molecule has 172 valence electrons. The van der Waals surface area contributed by atoms with Crippen LogP contribution in [0.15, 0.2) is 78.4 Å². The van der Waals surface area contributed by atoms with Crippen LogP contribution in [-0.2, 0) is 16.2 Å². The van der Waals surface area contributed by atoms with Crippen molar-refractivity contribution in [3.05, 3.63) is 94.5 Å². The summed E-state index contributed by atoms with van der Waals surface area (Å²) in [5, 5.41) is 2.86. The van der Waals surface area contributed by atoms with Crippen molar-refractivity contribution in [2.75, 3.05) is 11.5 Å². The van der Waals surface area contributed by atoms with Crippen molar-refractivity contribution in [3.8, 4) is 11.5 Å². The number of carbonyl (C=O) groups excluding carboxylic acids is 3. The van der Waals surface area contributed by atoms with Gasteiger partial charge in [0.2, 0.25) is 0 Å². The molecule has 4 rings (SSSR count). The van der Waals surface area contributed by atoms with E-state index in [0.29, 0.717) is 41.0 Å². The van der Waals surface area contributed by atoms with E-state index < -0.39 is 17.8 Å². The first-order valence-corrected chi connectivity index (χ1v) is 10.9. The van der Waals surface area contributed by atoms with Crippen molar-refractivity contribution in [1.82, 2.24) is 5.32 Å². The number of urea groups is 1. The van der Waals surface area contributed by atoms with E-state index in [2.05, 4.69) is 5.32 Å². The lowest BCUT2D eigenvalue weighted by Crippen LogP contribution is -2.54. The highest BCUT2D eigenvalue weighted by atomic mass is 35.5. The third-order valence-corrected chi connectivity index (χ3v) is 5.25. The maximum atomic E-state index is 13.1. The van der Waals surface area contributed by atoms with E-state index in [1.165, 1.54) is 6.08 Å². The van der Waals surface area contributed by atoms with Crippen molar-refractivity contribution in [3.63, 3.8) is 0 Å². The van der Waals surface area contributed by atoms with Gasteiger partial charge in [0.1, 0.15) is 23.7 Å². The lowest BCUT2D eigenvalue weighted by molar-refractivity contribution is -0.122. The Morgan fingerprint density at radius 3 is 2.35 bits per heavy atom. The molecule has 0 unspecified atom stereocenters. The van der Waals surface area contributed by atoms with Crippen LogP contribution in [0.3, 0.4) is 0 Å². The maximum Gasteiger partial charge on any atom is 0.335 e. The summed E-state index contributed by atoms with van der Waals surface area (Å²) in [6.07, 6.45) is 1.43. The number of nitrogens with one attached hydrogen (secondary N) is 1. The fourth-order valence-corrected chi connectivity index (χ4v) is 3.48. The topological polar surface area (TPSA) is 84.9 Å². The Balaban J connectivity index is 1.52. The molecule has 0 bridgehead atoms. The molecule has 0 aliphatic carbocycles. The van der Waals surface area contributed by atoms with Crippen molar-refractivity contribution in [2.45, 2.75) is 13.5 Å². The van der Waals surface area contributed by atoms with Crippen LogP contribution in [-0.4, -0.2) is 24.5 Å². The molecule has 1 fully saturated rings. The number of ether oxygens (including phenoxy) is 2. The Morgan fingerprint density at radius 2 is 1.65 bits per heavy atom. The molecule has 1 saturated heterocycles. The number of imide groups is 2. The zero-order valence-corrected chi connectivity index (χ0v) is 19.0. The van der Waals surface area contributed by atoms with Crippen LogP contribution in [0.5, 0.6) is 11.5 Å². The van der Waals surface area contributed by atoms with E-state index in [1.807, 2.05) is 19.1 Å². The highest BCUT2D eigenvalue weighted by molar-refractivity contribution is 6.39. The van der Waals surface area contributed by atoms with Crippen LogP contribution in [0.2, 0.25) is 5.02 Å². The van der Waals surface area contributed by atoms with Crippen LogP contribution < -0.4 is 19.7 Å².